The molecular formula is C28H26O4S. The lowest BCUT2D eigenvalue weighted by Crippen LogP contribution is -2.05. The first-order valence-electron chi connectivity index (χ1n) is 10.8. The first kappa shape index (κ1) is 22.8. The Kier molecular flexibility index (Phi) is 6.36. The Bertz CT molecular complexity index is 1350. The number of hydrogen-bond donors (Lipinski definition) is 2. The Morgan fingerprint density at radius 3 is 1.67 bits per heavy atom. The van der Waals surface area contributed by atoms with Crippen molar-refractivity contribution in [1.82, 2.24) is 0 Å². The molecule has 0 aliphatic rings. The molecule has 168 valence electrons. The predicted octanol–water partition coefficient (Wildman–Crippen LogP) is 6.61. The first-order chi connectivity index (χ1) is 15.8. The van der Waals surface area contributed by atoms with Gasteiger partial charge >= 0.3 is 0 Å². The quantitative estimate of drug-likeness (QED) is 0.319. The minimum atomic E-state index is -4.60. The van der Waals surface area contributed by atoms with Crippen molar-refractivity contribution in [3.63, 3.8) is 0 Å². The molecule has 2 N–H and O–H groups in total. The maximum absolute atomic E-state index is 12.0. The van der Waals surface area contributed by atoms with Crippen LogP contribution in [0.1, 0.15) is 47.9 Å². The molecular weight excluding hydrogens is 432 g/mol. The van der Waals surface area contributed by atoms with Gasteiger partial charge < -0.3 is 5.11 Å². The van der Waals surface area contributed by atoms with Crippen molar-refractivity contribution in [3.05, 3.63) is 119 Å². The minimum absolute atomic E-state index is 0.233. The van der Waals surface area contributed by atoms with Crippen molar-refractivity contribution in [1.29, 1.82) is 0 Å². The lowest BCUT2D eigenvalue weighted by atomic mass is 9.87. The van der Waals surface area contributed by atoms with Crippen LogP contribution in [0.15, 0.2) is 102 Å². The molecule has 5 heteroatoms. The van der Waals surface area contributed by atoms with E-state index < -0.39 is 20.8 Å². The molecule has 0 fully saturated rings. The molecule has 2 atom stereocenters. The van der Waals surface area contributed by atoms with Crippen LogP contribution in [0.3, 0.4) is 0 Å². The Labute approximate surface area is 194 Å². The molecule has 0 aliphatic carbocycles. The van der Waals surface area contributed by atoms with Crippen molar-refractivity contribution in [2.75, 3.05) is 0 Å². The Morgan fingerprint density at radius 1 is 0.636 bits per heavy atom. The largest absolute Gasteiger partial charge is 0.506 e. The molecule has 0 amide bonds. The smallest absolute Gasteiger partial charge is 0.298 e. The highest BCUT2D eigenvalue weighted by Crippen LogP contribution is 2.39. The van der Waals surface area contributed by atoms with Crippen LogP contribution < -0.4 is 0 Å². The van der Waals surface area contributed by atoms with Gasteiger partial charge in [-0.3, -0.25) is 4.55 Å². The number of phenols is 1. The van der Waals surface area contributed by atoms with Gasteiger partial charge in [0.2, 0.25) is 0 Å². The topological polar surface area (TPSA) is 74.6 Å². The van der Waals surface area contributed by atoms with E-state index in [9.17, 15) is 18.1 Å². The van der Waals surface area contributed by atoms with E-state index in [2.05, 4.69) is 31.2 Å². The molecule has 4 nitrogen and oxygen atoms in total. The zero-order valence-electron chi connectivity index (χ0n) is 18.5. The summed E-state index contributed by atoms with van der Waals surface area (Å²) in [5, 5.41) is 10.8. The Balaban J connectivity index is 1.74. The molecule has 4 aromatic rings. The molecule has 0 saturated carbocycles. The highest BCUT2D eigenvalue weighted by molar-refractivity contribution is 7.86. The molecule has 2 unspecified atom stereocenters. The van der Waals surface area contributed by atoms with E-state index in [0.29, 0.717) is 11.1 Å². The van der Waals surface area contributed by atoms with Gasteiger partial charge in [-0.2, -0.15) is 8.42 Å². The molecule has 0 radical (unpaired) electrons. The van der Waals surface area contributed by atoms with Crippen LogP contribution >= 0.6 is 0 Å². The molecule has 0 spiro atoms. The summed E-state index contributed by atoms with van der Waals surface area (Å²) in [4.78, 5) is -0.486. The van der Waals surface area contributed by atoms with E-state index in [1.807, 2.05) is 67.6 Å². The van der Waals surface area contributed by atoms with Crippen molar-refractivity contribution in [2.24, 2.45) is 0 Å². The van der Waals surface area contributed by atoms with Crippen LogP contribution in [0.5, 0.6) is 5.75 Å². The third-order valence-electron chi connectivity index (χ3n) is 6.19. The van der Waals surface area contributed by atoms with Crippen molar-refractivity contribution in [3.8, 4) is 16.9 Å². The van der Waals surface area contributed by atoms with Crippen LogP contribution in [0.25, 0.3) is 11.1 Å². The van der Waals surface area contributed by atoms with Gasteiger partial charge in [0.1, 0.15) is 10.6 Å². The second-order valence-corrected chi connectivity index (χ2v) is 9.66. The summed E-state index contributed by atoms with van der Waals surface area (Å²) in [7, 11) is -4.60. The van der Waals surface area contributed by atoms with E-state index >= 15 is 0 Å². The van der Waals surface area contributed by atoms with Gasteiger partial charge in [0.05, 0.1) is 0 Å². The second-order valence-electron chi connectivity index (χ2n) is 8.27. The van der Waals surface area contributed by atoms with Crippen molar-refractivity contribution in [2.45, 2.75) is 30.6 Å². The average molecular weight is 459 g/mol. The molecule has 33 heavy (non-hydrogen) atoms. The highest BCUT2D eigenvalue weighted by Gasteiger charge is 2.24. The molecule has 4 aromatic carbocycles. The second kappa shape index (κ2) is 9.22. The molecule has 0 heterocycles. The summed E-state index contributed by atoms with van der Waals surface area (Å²) >= 11 is 0. The number of rotatable bonds is 6. The summed E-state index contributed by atoms with van der Waals surface area (Å²) in [6, 6.07) is 30.8. The average Bonchev–Trinajstić information content (AvgIpc) is 2.84. The van der Waals surface area contributed by atoms with E-state index in [1.165, 1.54) is 11.6 Å². The Hall–Kier alpha value is -3.41. The van der Waals surface area contributed by atoms with Crippen LogP contribution in [0.4, 0.5) is 0 Å². The summed E-state index contributed by atoms with van der Waals surface area (Å²) < 4.78 is 33.7. The fourth-order valence-electron chi connectivity index (χ4n) is 4.14. The normalized spacial score (nSPS) is 13.4. The van der Waals surface area contributed by atoms with E-state index in [1.54, 1.807) is 6.07 Å². The van der Waals surface area contributed by atoms with Gasteiger partial charge in [-0.1, -0.05) is 98.8 Å². The molecule has 0 aromatic heterocycles. The van der Waals surface area contributed by atoms with E-state index in [4.69, 9.17) is 0 Å². The van der Waals surface area contributed by atoms with E-state index in [0.717, 1.165) is 16.7 Å². The summed E-state index contributed by atoms with van der Waals surface area (Å²) in [5.41, 5.74) is 5.16. The van der Waals surface area contributed by atoms with Gasteiger partial charge in [-0.15, -0.1) is 0 Å². The van der Waals surface area contributed by atoms with Crippen LogP contribution in [-0.2, 0) is 10.1 Å². The number of hydrogen-bond acceptors (Lipinski definition) is 3. The lowest BCUT2D eigenvalue weighted by molar-refractivity contribution is 0.436. The lowest BCUT2D eigenvalue weighted by Gasteiger charge is -2.19. The van der Waals surface area contributed by atoms with Gasteiger partial charge in [0.25, 0.3) is 10.1 Å². The fraction of sp³-hybridized carbons (Fsp3) is 0.143. The van der Waals surface area contributed by atoms with E-state index in [-0.39, 0.29) is 11.8 Å². The van der Waals surface area contributed by atoms with Crippen molar-refractivity contribution >= 4 is 10.1 Å². The maximum Gasteiger partial charge on any atom is 0.298 e. The number of aromatic hydroxyl groups is 1. The van der Waals surface area contributed by atoms with Crippen LogP contribution in [0, 0.1) is 0 Å². The SMILES string of the molecule is CC(c1ccccc1)c1ccc(C(C)c2cc(-c3ccccc3)cc(S(=O)(=O)O)c2O)cc1. The summed E-state index contributed by atoms with van der Waals surface area (Å²) in [5.74, 6) is -0.488. The standard InChI is InChI=1S/C28H26O4S/c1-19(21-9-5-3-6-10-21)22-13-15-23(16-14-22)20(2)26-17-25(24-11-7-4-8-12-24)18-27(28(26)29)33(30,31)32/h3-20,29H,1-2H3,(H,30,31,32). The predicted molar refractivity (Wildman–Crippen MR) is 131 cm³/mol. The van der Waals surface area contributed by atoms with Gasteiger partial charge in [0, 0.05) is 17.4 Å². The molecule has 0 aliphatic heterocycles. The number of benzene rings is 4. The zero-order valence-corrected chi connectivity index (χ0v) is 19.3. The Morgan fingerprint density at radius 2 is 1.12 bits per heavy atom. The third-order valence-corrected chi connectivity index (χ3v) is 7.06. The van der Waals surface area contributed by atoms with Gasteiger partial charge in [-0.05, 0) is 39.9 Å². The third kappa shape index (κ3) is 4.85. The monoisotopic (exact) mass is 458 g/mol. The number of phenolic OH excluding ortho intramolecular Hbond substituents is 1. The zero-order chi connectivity index (χ0) is 23.6. The molecule has 0 saturated heterocycles. The first-order valence-corrected chi connectivity index (χ1v) is 12.2. The molecule has 0 bridgehead atoms. The van der Waals surface area contributed by atoms with Crippen LogP contribution in [-0.4, -0.2) is 18.1 Å². The van der Waals surface area contributed by atoms with Gasteiger partial charge in [0.15, 0.2) is 0 Å². The highest BCUT2D eigenvalue weighted by atomic mass is 32.2. The fourth-order valence-corrected chi connectivity index (χ4v) is 4.78. The van der Waals surface area contributed by atoms with Crippen LogP contribution in [0.2, 0.25) is 0 Å². The molecule has 4 rings (SSSR count). The summed E-state index contributed by atoms with van der Waals surface area (Å²) in [6.45, 7) is 4.06. The maximum atomic E-state index is 12.0. The minimum Gasteiger partial charge on any atom is -0.506 e. The van der Waals surface area contributed by atoms with Crippen molar-refractivity contribution < 1.29 is 18.1 Å². The summed E-state index contributed by atoms with van der Waals surface area (Å²) in [6.07, 6.45) is 0. The van der Waals surface area contributed by atoms with Gasteiger partial charge in [-0.25, -0.2) is 0 Å².